The number of carbonyl (C=O) groups excluding carboxylic acids is 1. The quantitative estimate of drug-likeness (QED) is 0.599. The molecule has 1 amide bonds. The van der Waals surface area contributed by atoms with Crippen LogP contribution in [-0.4, -0.2) is 74.9 Å². The van der Waals surface area contributed by atoms with Gasteiger partial charge in [-0.25, -0.2) is 19.6 Å². The maximum Gasteiger partial charge on any atom is 0.263 e. The number of methoxy groups -OCH3 is 1. The molecule has 0 radical (unpaired) electrons. The van der Waals surface area contributed by atoms with Gasteiger partial charge in [-0.15, -0.1) is 0 Å². The lowest BCUT2D eigenvalue weighted by Gasteiger charge is -2.36. The van der Waals surface area contributed by atoms with Gasteiger partial charge in [0.1, 0.15) is 36.3 Å². The predicted octanol–water partition coefficient (Wildman–Crippen LogP) is 1.18. The van der Waals surface area contributed by atoms with E-state index < -0.39 is 6.10 Å². The zero-order valence-electron chi connectivity index (χ0n) is 16.9. The van der Waals surface area contributed by atoms with E-state index in [0.29, 0.717) is 37.7 Å². The van der Waals surface area contributed by atoms with E-state index in [1.54, 1.807) is 49.3 Å². The molecule has 10 heteroatoms. The molecular formula is C20H23N7O3. The van der Waals surface area contributed by atoms with Gasteiger partial charge in [-0.3, -0.25) is 4.79 Å². The number of anilines is 1. The fourth-order valence-electron chi connectivity index (χ4n) is 3.28. The average molecular weight is 409 g/mol. The summed E-state index contributed by atoms with van der Waals surface area (Å²) in [4.78, 5) is 29.3. The smallest absolute Gasteiger partial charge is 0.263 e. The van der Waals surface area contributed by atoms with Crippen LogP contribution in [0.3, 0.4) is 0 Å². The summed E-state index contributed by atoms with van der Waals surface area (Å²) in [5.74, 6) is 2.80. The van der Waals surface area contributed by atoms with Crippen molar-refractivity contribution in [3.63, 3.8) is 0 Å². The Hall–Kier alpha value is -3.69. The number of benzene rings is 1. The highest BCUT2D eigenvalue weighted by Crippen LogP contribution is 2.20. The third-order valence-corrected chi connectivity index (χ3v) is 4.93. The molecule has 10 nitrogen and oxygen atoms in total. The second kappa shape index (κ2) is 8.76. The van der Waals surface area contributed by atoms with Gasteiger partial charge in [0.2, 0.25) is 0 Å². The van der Waals surface area contributed by atoms with E-state index in [4.69, 9.17) is 9.47 Å². The van der Waals surface area contributed by atoms with Crippen molar-refractivity contribution >= 4 is 11.7 Å². The lowest BCUT2D eigenvalue weighted by molar-refractivity contribution is -0.138. The summed E-state index contributed by atoms with van der Waals surface area (Å²) in [6.45, 7) is 4.31. The molecule has 30 heavy (non-hydrogen) atoms. The molecule has 0 N–H and O–H groups in total. The fourth-order valence-corrected chi connectivity index (χ4v) is 3.28. The third kappa shape index (κ3) is 4.32. The van der Waals surface area contributed by atoms with Crippen molar-refractivity contribution < 1.29 is 14.3 Å². The maximum atomic E-state index is 12.8. The number of carbonyl (C=O) groups is 1. The standard InChI is InChI=1S/C20H23N7O3/c1-15(30-17-5-3-16(29-2)4-6-17)20(28)26-9-7-25(8-10-26)18-11-19(23-13-22-18)27-14-21-12-24-27/h3-6,11-15H,7-10H2,1-2H3. The van der Waals surface area contributed by atoms with E-state index in [1.165, 1.54) is 12.7 Å². The van der Waals surface area contributed by atoms with Gasteiger partial charge >= 0.3 is 0 Å². The number of amides is 1. The minimum Gasteiger partial charge on any atom is -0.497 e. The second-order valence-electron chi connectivity index (χ2n) is 6.82. The van der Waals surface area contributed by atoms with Crippen molar-refractivity contribution in [3.05, 3.63) is 49.3 Å². The van der Waals surface area contributed by atoms with E-state index in [-0.39, 0.29) is 5.91 Å². The lowest BCUT2D eigenvalue weighted by Crippen LogP contribution is -2.52. The summed E-state index contributed by atoms with van der Waals surface area (Å²) >= 11 is 0. The molecule has 1 unspecified atom stereocenters. The van der Waals surface area contributed by atoms with Crippen LogP contribution >= 0.6 is 0 Å². The van der Waals surface area contributed by atoms with Gasteiger partial charge in [-0.05, 0) is 31.2 Å². The molecule has 0 bridgehead atoms. The molecule has 156 valence electrons. The molecule has 0 spiro atoms. The minimum atomic E-state index is -0.567. The molecule has 1 fully saturated rings. The van der Waals surface area contributed by atoms with Crippen LogP contribution in [0.2, 0.25) is 0 Å². The highest BCUT2D eigenvalue weighted by Gasteiger charge is 2.26. The maximum absolute atomic E-state index is 12.8. The Morgan fingerprint density at radius 2 is 1.70 bits per heavy atom. The third-order valence-electron chi connectivity index (χ3n) is 4.93. The van der Waals surface area contributed by atoms with Crippen molar-refractivity contribution in [1.82, 2.24) is 29.6 Å². The van der Waals surface area contributed by atoms with Crippen LogP contribution in [0.1, 0.15) is 6.92 Å². The van der Waals surface area contributed by atoms with E-state index in [9.17, 15) is 4.79 Å². The van der Waals surface area contributed by atoms with Crippen LogP contribution < -0.4 is 14.4 Å². The Morgan fingerprint density at radius 1 is 1.00 bits per heavy atom. The van der Waals surface area contributed by atoms with Crippen LogP contribution in [0, 0.1) is 0 Å². The first-order chi connectivity index (χ1) is 14.6. The van der Waals surface area contributed by atoms with Crippen molar-refractivity contribution in [2.45, 2.75) is 13.0 Å². The van der Waals surface area contributed by atoms with E-state index in [2.05, 4.69) is 25.0 Å². The Kier molecular flexibility index (Phi) is 5.73. The molecule has 1 aliphatic rings. The number of hydrogen-bond acceptors (Lipinski definition) is 8. The van der Waals surface area contributed by atoms with Crippen molar-refractivity contribution in [3.8, 4) is 17.3 Å². The van der Waals surface area contributed by atoms with Crippen LogP contribution in [0.25, 0.3) is 5.82 Å². The number of nitrogens with zero attached hydrogens (tertiary/aromatic N) is 7. The van der Waals surface area contributed by atoms with Gasteiger partial charge < -0.3 is 19.3 Å². The monoisotopic (exact) mass is 409 g/mol. The van der Waals surface area contributed by atoms with Crippen LogP contribution in [0.15, 0.2) is 49.3 Å². The molecule has 0 aliphatic carbocycles. The Labute approximate surface area is 174 Å². The second-order valence-corrected chi connectivity index (χ2v) is 6.82. The van der Waals surface area contributed by atoms with Crippen molar-refractivity contribution in [1.29, 1.82) is 0 Å². The molecule has 4 rings (SSSR count). The van der Waals surface area contributed by atoms with Crippen LogP contribution in [0.5, 0.6) is 11.5 Å². The van der Waals surface area contributed by atoms with Crippen LogP contribution in [0.4, 0.5) is 5.82 Å². The average Bonchev–Trinajstić information content (AvgIpc) is 3.34. The van der Waals surface area contributed by atoms with Gasteiger partial charge in [0.15, 0.2) is 11.9 Å². The zero-order valence-corrected chi connectivity index (χ0v) is 16.9. The van der Waals surface area contributed by atoms with Gasteiger partial charge in [-0.1, -0.05) is 0 Å². The summed E-state index contributed by atoms with van der Waals surface area (Å²) in [5, 5.41) is 4.09. The van der Waals surface area contributed by atoms with Crippen LogP contribution in [-0.2, 0) is 4.79 Å². The van der Waals surface area contributed by atoms with E-state index in [0.717, 1.165) is 11.6 Å². The molecule has 3 heterocycles. The largest absolute Gasteiger partial charge is 0.497 e. The van der Waals surface area contributed by atoms with Gasteiger partial charge in [-0.2, -0.15) is 5.10 Å². The number of aromatic nitrogens is 5. The Bertz CT molecular complexity index is 970. The Balaban J connectivity index is 1.33. The van der Waals surface area contributed by atoms with Gasteiger partial charge in [0.25, 0.3) is 5.91 Å². The first-order valence-electron chi connectivity index (χ1n) is 9.65. The van der Waals surface area contributed by atoms with Crippen molar-refractivity contribution in [2.24, 2.45) is 0 Å². The number of hydrogen-bond donors (Lipinski definition) is 0. The fraction of sp³-hybridized carbons (Fsp3) is 0.350. The van der Waals surface area contributed by atoms with Gasteiger partial charge in [0.05, 0.1) is 7.11 Å². The summed E-state index contributed by atoms with van der Waals surface area (Å²) in [6, 6.07) is 9.06. The normalized spacial score (nSPS) is 15.0. The first kappa shape index (κ1) is 19.6. The number of ether oxygens (including phenoxy) is 2. The number of piperazine rings is 1. The molecule has 1 aliphatic heterocycles. The molecule has 0 saturated carbocycles. The van der Waals surface area contributed by atoms with E-state index >= 15 is 0 Å². The highest BCUT2D eigenvalue weighted by atomic mass is 16.5. The van der Waals surface area contributed by atoms with Crippen molar-refractivity contribution in [2.75, 3.05) is 38.2 Å². The summed E-state index contributed by atoms with van der Waals surface area (Å²) < 4.78 is 12.5. The molecule has 3 aromatic rings. The topological polar surface area (TPSA) is 98.5 Å². The van der Waals surface area contributed by atoms with E-state index in [1.807, 2.05) is 11.0 Å². The predicted molar refractivity (Wildman–Crippen MR) is 109 cm³/mol. The highest BCUT2D eigenvalue weighted by molar-refractivity contribution is 5.81. The molecule has 1 saturated heterocycles. The lowest BCUT2D eigenvalue weighted by atomic mass is 10.2. The molecule has 2 aromatic heterocycles. The summed E-state index contributed by atoms with van der Waals surface area (Å²) in [6.07, 6.45) is 3.99. The Morgan fingerprint density at radius 3 is 2.37 bits per heavy atom. The van der Waals surface area contributed by atoms with Gasteiger partial charge in [0, 0.05) is 32.2 Å². The molecule has 1 aromatic carbocycles. The summed E-state index contributed by atoms with van der Waals surface area (Å²) in [7, 11) is 1.61. The molecular weight excluding hydrogens is 386 g/mol. The molecule has 1 atom stereocenters. The summed E-state index contributed by atoms with van der Waals surface area (Å²) in [5.41, 5.74) is 0. The zero-order chi connectivity index (χ0) is 20.9. The number of rotatable bonds is 6. The minimum absolute atomic E-state index is 0.0311. The first-order valence-corrected chi connectivity index (χ1v) is 9.65. The SMILES string of the molecule is COc1ccc(OC(C)C(=O)N2CCN(c3cc(-n4cncn4)ncn3)CC2)cc1.